The highest BCUT2D eigenvalue weighted by Gasteiger charge is 2.15. The zero-order chi connectivity index (χ0) is 25.8. The van der Waals surface area contributed by atoms with Crippen LogP contribution in [0.15, 0.2) is 63.8 Å². The van der Waals surface area contributed by atoms with Gasteiger partial charge in [-0.15, -0.1) is 0 Å². The van der Waals surface area contributed by atoms with E-state index in [9.17, 15) is 19.5 Å². The molecule has 0 radical (unpaired) electrons. The highest BCUT2D eigenvalue weighted by atomic mass is 35.5. The van der Waals surface area contributed by atoms with Crippen LogP contribution in [0, 0.1) is 0 Å². The number of H-pyrrole nitrogens is 1. The number of carboxylic acids is 1. The summed E-state index contributed by atoms with van der Waals surface area (Å²) in [7, 11) is 0. The fourth-order valence-electron chi connectivity index (χ4n) is 3.55. The number of ether oxygens (including phenoxy) is 1. The first-order chi connectivity index (χ1) is 17.3. The van der Waals surface area contributed by atoms with E-state index in [2.05, 4.69) is 11.7 Å². The molecule has 0 aliphatic rings. The molecule has 0 saturated carbocycles. The predicted molar refractivity (Wildman–Crippen MR) is 136 cm³/mol. The minimum absolute atomic E-state index is 0.0531. The number of carbonyl (C=O) groups is 2. The quantitative estimate of drug-likeness (QED) is 0.276. The van der Waals surface area contributed by atoms with E-state index in [0.717, 1.165) is 12.8 Å². The minimum atomic E-state index is -1.10. The lowest BCUT2D eigenvalue weighted by molar-refractivity contribution is 0.0499. The number of esters is 1. The van der Waals surface area contributed by atoms with Gasteiger partial charge in [0.05, 0.1) is 39.0 Å². The third-order valence-electron chi connectivity index (χ3n) is 5.47. The molecule has 2 heterocycles. The lowest BCUT2D eigenvalue weighted by Gasteiger charge is -2.07. The number of hydrogen-bond donors (Lipinski definition) is 2. The van der Waals surface area contributed by atoms with Crippen LogP contribution in [0.1, 0.15) is 46.2 Å². The molecule has 0 atom stereocenters. The molecule has 2 aromatic carbocycles. The molecule has 8 nitrogen and oxygen atoms in total. The number of rotatable bonds is 8. The monoisotopic (exact) mass is 506 g/mol. The molecule has 0 unspecified atom stereocenters. The maximum absolute atomic E-state index is 13.0. The van der Waals surface area contributed by atoms with Crippen molar-refractivity contribution in [2.45, 2.75) is 19.8 Å². The van der Waals surface area contributed by atoms with Crippen LogP contribution in [0.3, 0.4) is 0 Å². The number of aromatic amines is 1. The van der Waals surface area contributed by atoms with Gasteiger partial charge in [-0.1, -0.05) is 37.6 Å². The van der Waals surface area contributed by atoms with E-state index in [1.807, 2.05) is 6.92 Å². The number of halogens is 1. The van der Waals surface area contributed by atoms with Crippen LogP contribution in [0.2, 0.25) is 5.02 Å². The zero-order valence-corrected chi connectivity index (χ0v) is 20.2. The Balaban J connectivity index is 1.66. The van der Waals surface area contributed by atoms with Crippen molar-refractivity contribution in [2.75, 3.05) is 6.61 Å². The van der Waals surface area contributed by atoms with E-state index in [1.54, 1.807) is 42.5 Å². The van der Waals surface area contributed by atoms with E-state index in [0.29, 0.717) is 34.7 Å². The van der Waals surface area contributed by atoms with Crippen molar-refractivity contribution in [3.63, 3.8) is 0 Å². The molecule has 0 amide bonds. The van der Waals surface area contributed by atoms with E-state index >= 15 is 0 Å². The normalized spacial score (nSPS) is 11.6. The van der Waals surface area contributed by atoms with Gasteiger partial charge < -0.3 is 14.3 Å². The van der Waals surface area contributed by atoms with Crippen molar-refractivity contribution in [1.29, 1.82) is 0 Å². The molecule has 184 valence electrons. The maximum atomic E-state index is 13.0. The molecule has 36 heavy (non-hydrogen) atoms. The van der Waals surface area contributed by atoms with Crippen LogP contribution in [0.25, 0.3) is 29.7 Å². The fraction of sp³-hybridized carbons (Fsp3) is 0.148. The first-order valence-corrected chi connectivity index (χ1v) is 11.6. The predicted octanol–water partition coefficient (Wildman–Crippen LogP) is 3.97. The Kier molecular flexibility index (Phi) is 7.26. The third-order valence-corrected chi connectivity index (χ3v) is 5.80. The molecule has 4 rings (SSSR count). The number of nitrogens with zero attached hydrogens (tertiary/aromatic N) is 1. The van der Waals surface area contributed by atoms with Gasteiger partial charge in [-0.2, -0.15) is 0 Å². The third kappa shape index (κ3) is 5.18. The molecule has 0 bridgehead atoms. The molecule has 0 spiro atoms. The van der Waals surface area contributed by atoms with Gasteiger partial charge in [0.15, 0.2) is 0 Å². The van der Waals surface area contributed by atoms with Crippen LogP contribution < -0.4 is 16.1 Å². The SMILES string of the molecule is C=c1[nH]n(-c2cccc(C(=O)O)c2)c(=O)c1=Cc1ccc(-c2ccc(Cl)c(C(=O)OCCCC)c2)o1. The summed E-state index contributed by atoms with van der Waals surface area (Å²) in [6.45, 7) is 6.21. The molecule has 0 aliphatic carbocycles. The van der Waals surface area contributed by atoms with Gasteiger partial charge in [0.2, 0.25) is 0 Å². The smallest absolute Gasteiger partial charge is 0.339 e. The van der Waals surface area contributed by atoms with Gasteiger partial charge >= 0.3 is 11.9 Å². The Morgan fingerprint density at radius 3 is 2.75 bits per heavy atom. The van der Waals surface area contributed by atoms with Crippen LogP contribution in [-0.2, 0) is 4.74 Å². The number of aromatic carboxylic acids is 1. The molecule has 0 saturated heterocycles. The Hall–Kier alpha value is -4.30. The number of benzene rings is 2. The Morgan fingerprint density at radius 2 is 2.00 bits per heavy atom. The second-order valence-electron chi connectivity index (χ2n) is 8.03. The molecular weight excluding hydrogens is 484 g/mol. The molecule has 0 fully saturated rings. The summed E-state index contributed by atoms with van der Waals surface area (Å²) in [4.78, 5) is 36.7. The van der Waals surface area contributed by atoms with E-state index in [1.165, 1.54) is 22.9 Å². The largest absolute Gasteiger partial charge is 0.478 e. The minimum Gasteiger partial charge on any atom is -0.478 e. The average molecular weight is 507 g/mol. The Bertz CT molecular complexity index is 1610. The van der Waals surface area contributed by atoms with Gasteiger partial charge in [-0.3, -0.25) is 9.89 Å². The lowest BCUT2D eigenvalue weighted by atomic mass is 10.1. The van der Waals surface area contributed by atoms with Crippen molar-refractivity contribution in [3.05, 3.63) is 97.4 Å². The number of nitrogens with one attached hydrogen (secondary N) is 1. The highest BCUT2D eigenvalue weighted by molar-refractivity contribution is 6.33. The van der Waals surface area contributed by atoms with Crippen LogP contribution >= 0.6 is 11.6 Å². The second kappa shape index (κ2) is 10.5. The second-order valence-corrected chi connectivity index (χ2v) is 8.44. The summed E-state index contributed by atoms with van der Waals surface area (Å²) in [5, 5.41) is 13.0. The molecule has 4 aromatic rings. The first-order valence-electron chi connectivity index (χ1n) is 11.2. The summed E-state index contributed by atoms with van der Waals surface area (Å²) in [5.41, 5.74) is 0.864. The lowest BCUT2D eigenvalue weighted by Crippen LogP contribution is -2.33. The molecule has 2 N–H and O–H groups in total. The van der Waals surface area contributed by atoms with Crippen molar-refractivity contribution in [3.8, 4) is 17.0 Å². The topological polar surface area (TPSA) is 115 Å². The number of carbonyl (C=O) groups excluding carboxylic acids is 1. The number of furan rings is 1. The summed E-state index contributed by atoms with van der Waals surface area (Å²) < 4.78 is 12.4. The standard InChI is InChI=1S/C27H23ClN2O6/c1-3-4-12-35-27(34)22-14-17(8-10-23(22)28)24-11-9-20(36-24)15-21-16(2)29-30(25(21)31)19-7-5-6-18(13-19)26(32)33/h5-11,13-15,29H,2-4,12H2,1H3,(H,32,33). The van der Waals surface area contributed by atoms with Crippen LogP contribution in [-0.4, -0.2) is 33.4 Å². The van der Waals surface area contributed by atoms with Crippen LogP contribution in [0.4, 0.5) is 0 Å². The van der Waals surface area contributed by atoms with Gasteiger partial charge in [0.25, 0.3) is 5.56 Å². The van der Waals surface area contributed by atoms with Crippen molar-refractivity contribution in [2.24, 2.45) is 0 Å². The van der Waals surface area contributed by atoms with Gasteiger partial charge in [0, 0.05) is 5.56 Å². The summed E-state index contributed by atoms with van der Waals surface area (Å²) in [5.74, 6) is -0.744. The number of aromatic nitrogens is 2. The first kappa shape index (κ1) is 24.8. The Morgan fingerprint density at radius 1 is 1.19 bits per heavy atom. The summed E-state index contributed by atoms with van der Waals surface area (Å²) in [6.07, 6.45) is 3.21. The summed E-state index contributed by atoms with van der Waals surface area (Å²) >= 11 is 6.20. The highest BCUT2D eigenvalue weighted by Crippen LogP contribution is 2.27. The number of unbranched alkanes of at least 4 members (excludes halogenated alkanes) is 1. The zero-order valence-electron chi connectivity index (χ0n) is 19.4. The number of carboxylic acid groups (broad SMARTS) is 1. The van der Waals surface area contributed by atoms with E-state index < -0.39 is 17.5 Å². The van der Waals surface area contributed by atoms with Crippen molar-refractivity contribution >= 4 is 36.2 Å². The van der Waals surface area contributed by atoms with E-state index in [4.69, 9.17) is 20.8 Å². The molecule has 9 heteroatoms. The average Bonchev–Trinajstić information content (AvgIpc) is 3.44. The van der Waals surface area contributed by atoms with Gasteiger partial charge in [-0.05, 0) is 61.0 Å². The van der Waals surface area contributed by atoms with Crippen molar-refractivity contribution in [1.82, 2.24) is 9.78 Å². The molecule has 0 aliphatic heterocycles. The van der Waals surface area contributed by atoms with Crippen LogP contribution in [0.5, 0.6) is 0 Å². The Labute approximate surface area is 210 Å². The molecule has 2 aromatic heterocycles. The van der Waals surface area contributed by atoms with Gasteiger partial charge in [-0.25, -0.2) is 14.3 Å². The fourth-order valence-corrected chi connectivity index (χ4v) is 3.75. The van der Waals surface area contributed by atoms with Gasteiger partial charge in [0.1, 0.15) is 11.5 Å². The summed E-state index contributed by atoms with van der Waals surface area (Å²) in [6, 6.07) is 14.3. The van der Waals surface area contributed by atoms with E-state index in [-0.39, 0.29) is 21.4 Å². The maximum Gasteiger partial charge on any atom is 0.339 e. The number of hydrogen-bond acceptors (Lipinski definition) is 5. The molecular formula is C27H23ClN2O6. The van der Waals surface area contributed by atoms with Crippen molar-refractivity contribution < 1.29 is 23.8 Å².